The smallest absolute Gasteiger partial charge is 0.338 e. The summed E-state index contributed by atoms with van der Waals surface area (Å²) in [4.78, 5) is 90.7. The average molecular weight is 2090 g/mol. The number of carbonyl (C=O) groups is 6. The second-order valence-electron chi connectivity index (χ2n) is 23.7. The Kier molecular flexibility index (Phi) is 43.1. The van der Waals surface area contributed by atoms with E-state index in [0.717, 1.165) is 17.7 Å². The van der Waals surface area contributed by atoms with Gasteiger partial charge in [0.2, 0.25) is 83.3 Å². The number of carboxylic acid groups (broad SMARTS) is 1. The van der Waals surface area contributed by atoms with E-state index in [0.29, 0.717) is 22.3 Å². The highest BCUT2D eigenvalue weighted by molar-refractivity contribution is 9.08. The molecule has 0 aliphatic heterocycles. The summed E-state index contributed by atoms with van der Waals surface area (Å²) < 4.78 is 219. The number of hydrogen-bond acceptors (Lipinski definition) is 18. The van der Waals surface area contributed by atoms with Crippen LogP contribution in [0.5, 0.6) is 0 Å². The lowest BCUT2D eigenvalue weighted by atomic mass is 10.00. The van der Waals surface area contributed by atoms with Crippen molar-refractivity contribution in [3.8, 4) is 0 Å². The molecule has 0 unspecified atom stereocenters. The quantitative estimate of drug-likeness (QED) is 0.0186. The number of halogens is 28. The Morgan fingerprint density at radius 1 is 0.299 bits per heavy atom. The predicted molar refractivity (Wildman–Crippen MR) is 439 cm³/mol. The highest BCUT2D eigenvalue weighted by Crippen LogP contribution is 2.38. The molecule has 668 valence electrons. The van der Waals surface area contributed by atoms with Gasteiger partial charge in [-0.15, -0.1) is 0 Å². The Labute approximate surface area is 774 Å². The second-order valence-corrected chi connectivity index (χ2v) is 28.8. The van der Waals surface area contributed by atoms with Crippen LogP contribution in [-0.4, -0.2) is 75.8 Å². The second kappa shape index (κ2) is 51.8. The number of hydrogen-bond donors (Lipinski definition) is 1. The molecule has 0 bridgehead atoms. The van der Waals surface area contributed by atoms with Crippen molar-refractivity contribution in [1.82, 2.24) is 34.9 Å². The molecule has 12 aromatic rings. The van der Waals surface area contributed by atoms with Gasteiger partial charge >= 0.3 is 35.8 Å². The van der Waals surface area contributed by atoms with E-state index in [1.807, 2.05) is 6.07 Å². The number of benzene rings is 5. The summed E-state index contributed by atoms with van der Waals surface area (Å²) in [6, 6.07) is 44.7. The third-order valence-corrected chi connectivity index (χ3v) is 20.1. The fourth-order valence-corrected chi connectivity index (χ4v) is 12.7. The molecule has 0 aliphatic carbocycles. The molecular weight excluding hydrogens is 2040 g/mol. The van der Waals surface area contributed by atoms with Crippen LogP contribution in [-0.2, 0) is 94.1 Å². The van der Waals surface area contributed by atoms with Gasteiger partial charge in [-0.25, -0.2) is 14.0 Å². The molecule has 0 radical (unpaired) electrons. The van der Waals surface area contributed by atoms with Crippen LogP contribution in [0.3, 0.4) is 0 Å². The highest BCUT2D eigenvalue weighted by atomic mass is 79.9. The van der Waals surface area contributed by atoms with Gasteiger partial charge in [0.05, 0.1) is 24.0 Å². The van der Waals surface area contributed by atoms with Gasteiger partial charge in [-0.05, 0) is 58.7 Å². The monoisotopic (exact) mass is 2080 g/mol. The molecule has 7 heterocycles. The summed E-state index contributed by atoms with van der Waals surface area (Å²) in [5, 5.41) is 1.67. The Bertz CT molecular complexity index is 5690. The van der Waals surface area contributed by atoms with E-state index in [1.54, 1.807) is 146 Å². The van der Waals surface area contributed by atoms with Crippen molar-refractivity contribution in [3.63, 3.8) is 0 Å². The number of esters is 5. The first-order valence-electron chi connectivity index (χ1n) is 34.0. The van der Waals surface area contributed by atoms with Crippen molar-refractivity contribution in [2.75, 3.05) is 0 Å². The highest BCUT2D eigenvalue weighted by Gasteiger charge is 2.39. The molecule has 0 aliphatic rings. The van der Waals surface area contributed by atoms with Crippen LogP contribution in [0.4, 0.5) is 65.9 Å². The summed E-state index contributed by atoms with van der Waals surface area (Å²) in [7, 11) is 0. The minimum atomic E-state index is -1.92. The van der Waals surface area contributed by atoms with E-state index in [-0.39, 0.29) is 69.6 Å². The van der Waals surface area contributed by atoms with Crippen molar-refractivity contribution in [3.05, 3.63) is 374 Å². The lowest BCUT2D eigenvalue weighted by Crippen LogP contribution is -2.27. The molecule has 0 fully saturated rings. The zero-order valence-corrected chi connectivity index (χ0v) is 73.1. The molecule has 7 aromatic heterocycles. The third-order valence-electron chi connectivity index (χ3n) is 15.1. The number of pyridine rings is 7. The Balaban J connectivity index is 0.000000235. The predicted octanol–water partition coefficient (Wildman–Crippen LogP) is 24.6. The number of aromatic nitrogens is 7. The van der Waals surface area contributed by atoms with Gasteiger partial charge in [-0.2, -0.15) is 96.4 Å². The lowest BCUT2D eigenvalue weighted by molar-refractivity contribution is -0.159. The SMILES string of the molecule is Fc1nc(F)c(Cl)c(CBr)c1Cl.Fc1nc(F)c(Cl)c(F)c1Cl.O=C(Cc1c(Cl)c(F)nc(F)c1Cl)OCc1ccccc1.O=C(O)Cc1c(Cl)c(F)nc(F)c1Cl.O=C(OCc1c(Cl)c(F)nc(F)c1Cl)c1ccccc1.O=C(OCc1cc(F)nc(F)c1)c1ccccc1.O=C(OCc1ccccc1)C(C(=O)OCc1ccccc1)c1c(Cl)c(F)nc(F)c1Cl. The maximum Gasteiger partial charge on any atom is 0.338 e. The van der Waals surface area contributed by atoms with Crippen LogP contribution in [0.1, 0.15) is 76.7 Å². The zero-order chi connectivity index (χ0) is 94.2. The van der Waals surface area contributed by atoms with Crippen molar-refractivity contribution in [1.29, 1.82) is 0 Å². The van der Waals surface area contributed by atoms with Crippen molar-refractivity contribution < 1.29 is 123 Å². The fourth-order valence-electron chi connectivity index (χ4n) is 9.13. The van der Waals surface area contributed by atoms with E-state index in [2.05, 4.69) is 50.8 Å². The van der Waals surface area contributed by atoms with Crippen LogP contribution in [0.25, 0.3) is 0 Å². The van der Waals surface area contributed by atoms with Crippen LogP contribution in [0.15, 0.2) is 164 Å². The van der Waals surface area contributed by atoms with Crippen molar-refractivity contribution >= 4 is 191 Å². The minimum absolute atomic E-state index is 0.0466. The topological polar surface area (TPSA) is 259 Å². The Morgan fingerprint density at radius 2 is 0.559 bits per heavy atom. The molecule has 0 amide bonds. The number of carboxylic acids is 1. The number of ether oxygens (including phenoxy) is 5. The molecule has 0 spiro atoms. The largest absolute Gasteiger partial charge is 0.481 e. The van der Waals surface area contributed by atoms with E-state index in [9.17, 15) is 94.6 Å². The van der Waals surface area contributed by atoms with Crippen LogP contribution < -0.4 is 0 Å². The zero-order valence-electron chi connectivity index (χ0n) is 62.5. The molecule has 0 atom stereocenters. The van der Waals surface area contributed by atoms with Crippen molar-refractivity contribution in [2.24, 2.45) is 0 Å². The number of rotatable bonds is 20. The maximum atomic E-state index is 14.0. The van der Waals surface area contributed by atoms with Gasteiger partial charge in [-0.1, -0.05) is 283 Å². The Hall–Kier alpha value is -10.1. The lowest BCUT2D eigenvalue weighted by Gasteiger charge is -2.18. The summed E-state index contributed by atoms with van der Waals surface area (Å²) in [5.74, 6) is -25.8. The molecule has 0 saturated heterocycles. The standard InChI is InChI=1S/C22H15Cl2F2NO4.C14H9Cl2F2NO2.C13H7Cl2F2NO2.C13H9F2NO2.C7H3Cl2F2NO2.C6H2BrCl2F2N.C5Cl2F3N/c23-17-15(18(24)20(26)27-19(17)25)16(21(28)30-11-13-7-3-1-4-8-13)22(29)31-12-14-9-5-2-6-10-14;15-11-9(12(16)14(18)19-13(11)17)6-10(20)21-7-8-4-2-1-3-5-8;14-9-8(10(15)12(17)18-11(9)16)6-20-13(19)7-4-2-1-3-5-7;14-11-6-9(7-12(15)16-11)8-18-13(17)10-4-2-1-3-5-10;8-4-2(1-3(13)14)5(9)7(11)12-6(4)10;7-1-2-3(8)5(10)12-6(11)4(2)9;6-1-3(8)2(7)5(10)11-4(1)9/h1-10,16H,11-12H2;1-5H,6-7H2;1-5H,6H2;1-7H,8H2;1H2,(H,13,14);1H2;. The summed E-state index contributed by atoms with van der Waals surface area (Å²) in [6.07, 6.45) is -1.10. The van der Waals surface area contributed by atoms with Crippen LogP contribution in [0.2, 0.25) is 60.3 Å². The maximum absolute atomic E-state index is 14.0. The summed E-state index contributed by atoms with van der Waals surface area (Å²) in [5.41, 5.74) is 1.86. The molecule has 47 heteroatoms. The van der Waals surface area contributed by atoms with E-state index < -0.39 is 206 Å². The first-order chi connectivity index (χ1) is 60.1. The molecule has 12 rings (SSSR count). The van der Waals surface area contributed by atoms with Gasteiger partial charge in [0.25, 0.3) is 0 Å². The fraction of sp³-hybridized carbons (Fsp3) is 0.113. The third kappa shape index (κ3) is 31.9. The molecular formula is C80H45BrCl12F15N7O12. The molecule has 127 heavy (non-hydrogen) atoms. The van der Waals surface area contributed by atoms with E-state index in [1.165, 1.54) is 0 Å². The van der Waals surface area contributed by atoms with Gasteiger partial charge in [-0.3, -0.25) is 19.2 Å². The first kappa shape index (κ1) is 106. The van der Waals surface area contributed by atoms with Crippen molar-refractivity contribution in [2.45, 2.75) is 57.1 Å². The number of aliphatic carboxylic acids is 1. The summed E-state index contributed by atoms with van der Waals surface area (Å²) >= 11 is 68.9. The molecule has 19 nitrogen and oxygen atoms in total. The molecule has 1 N–H and O–H groups in total. The Morgan fingerprint density at radius 3 is 0.874 bits per heavy atom. The number of carbonyl (C=O) groups excluding carboxylic acids is 5. The number of nitrogens with zero attached hydrogens (tertiary/aromatic N) is 7. The van der Waals surface area contributed by atoms with Crippen LogP contribution >= 0.6 is 155 Å². The minimum Gasteiger partial charge on any atom is -0.481 e. The van der Waals surface area contributed by atoms with Gasteiger partial charge in [0.15, 0.2) is 11.7 Å². The van der Waals surface area contributed by atoms with Gasteiger partial charge < -0.3 is 28.8 Å². The normalized spacial score (nSPS) is 10.4. The first-order valence-corrected chi connectivity index (χ1v) is 39.7. The summed E-state index contributed by atoms with van der Waals surface area (Å²) in [6.45, 7) is -0.988. The average Bonchev–Trinajstić information content (AvgIpc) is 0.783. The van der Waals surface area contributed by atoms with Gasteiger partial charge in [0, 0.05) is 33.1 Å². The molecule has 0 saturated carbocycles. The molecule has 5 aromatic carbocycles. The van der Waals surface area contributed by atoms with Crippen LogP contribution in [0, 0.1) is 89.1 Å². The van der Waals surface area contributed by atoms with E-state index >= 15 is 0 Å². The van der Waals surface area contributed by atoms with Gasteiger partial charge in [0.1, 0.15) is 93.3 Å². The number of alkyl halides is 1. The van der Waals surface area contributed by atoms with E-state index in [4.69, 9.17) is 168 Å².